The number of para-hydroxylation sites is 1. The van der Waals surface area contributed by atoms with Crippen LogP contribution >= 0.6 is 0 Å². The first kappa shape index (κ1) is 17.6. The van der Waals surface area contributed by atoms with E-state index >= 15 is 0 Å². The smallest absolute Gasteiger partial charge is 0.332 e. The van der Waals surface area contributed by atoms with Crippen LogP contribution in [0.4, 0.5) is 10.5 Å². The van der Waals surface area contributed by atoms with Gasteiger partial charge in [-0.15, -0.1) is 0 Å². The molecule has 0 bridgehead atoms. The number of urea groups is 1. The summed E-state index contributed by atoms with van der Waals surface area (Å²) >= 11 is 0. The number of aromatic amines is 1. The molecule has 1 fully saturated rings. The summed E-state index contributed by atoms with van der Waals surface area (Å²) in [5.41, 5.74) is 2.14. The zero-order chi connectivity index (χ0) is 20.3. The monoisotopic (exact) mass is 391 g/mol. The van der Waals surface area contributed by atoms with Crippen molar-refractivity contribution in [2.45, 2.75) is 18.9 Å². The lowest BCUT2D eigenvalue weighted by molar-refractivity contribution is -0.125. The maximum absolute atomic E-state index is 13.7. The molecule has 2 aliphatic heterocycles. The summed E-state index contributed by atoms with van der Waals surface area (Å²) in [7, 11) is 3.06. The SMILES string of the molecule is COc1ccc(OC)c(N2C(=O)N3CCc4c([nH]c5ccccc45)[C@@]3(C)C2=O)c1. The minimum atomic E-state index is -1.10. The first-order valence-corrected chi connectivity index (χ1v) is 9.49. The molecule has 0 saturated carbocycles. The fourth-order valence-electron chi connectivity index (χ4n) is 4.58. The van der Waals surface area contributed by atoms with Crippen LogP contribution in [-0.2, 0) is 16.8 Å². The largest absolute Gasteiger partial charge is 0.497 e. The van der Waals surface area contributed by atoms with Gasteiger partial charge in [0, 0.05) is 23.5 Å². The van der Waals surface area contributed by atoms with Crippen LogP contribution in [-0.4, -0.2) is 42.6 Å². The number of hydrogen-bond donors (Lipinski definition) is 1. The average molecular weight is 391 g/mol. The molecule has 7 nitrogen and oxygen atoms in total. The first-order chi connectivity index (χ1) is 14.0. The van der Waals surface area contributed by atoms with E-state index in [1.165, 1.54) is 12.0 Å². The fourth-order valence-corrected chi connectivity index (χ4v) is 4.58. The van der Waals surface area contributed by atoms with Crippen molar-refractivity contribution in [2.75, 3.05) is 25.7 Å². The minimum Gasteiger partial charge on any atom is -0.497 e. The summed E-state index contributed by atoms with van der Waals surface area (Å²) in [5, 5.41) is 1.10. The number of carbonyl (C=O) groups excluding carboxylic acids is 2. The van der Waals surface area contributed by atoms with Crippen LogP contribution in [0.1, 0.15) is 18.2 Å². The summed E-state index contributed by atoms with van der Waals surface area (Å²) in [6.07, 6.45) is 0.692. The van der Waals surface area contributed by atoms with Crippen molar-refractivity contribution < 1.29 is 19.1 Å². The molecule has 2 aliphatic rings. The molecule has 3 amide bonds. The Balaban J connectivity index is 1.69. The molecule has 0 unspecified atom stereocenters. The van der Waals surface area contributed by atoms with Crippen molar-refractivity contribution in [1.29, 1.82) is 0 Å². The lowest BCUT2D eigenvalue weighted by Crippen LogP contribution is -2.49. The second kappa shape index (κ2) is 6.01. The predicted octanol–water partition coefficient (Wildman–Crippen LogP) is 3.43. The average Bonchev–Trinajstić information content (AvgIpc) is 3.22. The molecular formula is C22H21N3O4. The van der Waals surface area contributed by atoms with Gasteiger partial charge in [-0.3, -0.25) is 4.79 Å². The molecule has 148 valence electrons. The number of hydrogen-bond acceptors (Lipinski definition) is 4. The van der Waals surface area contributed by atoms with Gasteiger partial charge in [0.1, 0.15) is 11.5 Å². The third-order valence-corrected chi connectivity index (χ3v) is 6.09. The second-order valence-electron chi connectivity index (χ2n) is 7.46. The number of anilines is 1. The molecule has 1 atom stereocenters. The van der Waals surface area contributed by atoms with Crippen LogP contribution in [0.25, 0.3) is 10.9 Å². The molecule has 1 N–H and O–H groups in total. The van der Waals surface area contributed by atoms with Gasteiger partial charge in [-0.25, -0.2) is 9.69 Å². The van der Waals surface area contributed by atoms with E-state index in [2.05, 4.69) is 4.98 Å². The number of imide groups is 1. The molecule has 2 aromatic carbocycles. The number of aromatic nitrogens is 1. The van der Waals surface area contributed by atoms with Gasteiger partial charge < -0.3 is 19.4 Å². The zero-order valence-corrected chi connectivity index (χ0v) is 16.5. The highest BCUT2D eigenvalue weighted by atomic mass is 16.5. The number of nitrogens with one attached hydrogen (secondary N) is 1. The highest BCUT2D eigenvalue weighted by Crippen LogP contribution is 2.47. The molecule has 7 heteroatoms. The topological polar surface area (TPSA) is 74.9 Å². The van der Waals surface area contributed by atoms with Crippen molar-refractivity contribution in [1.82, 2.24) is 9.88 Å². The Morgan fingerprint density at radius 1 is 1.07 bits per heavy atom. The van der Waals surface area contributed by atoms with Gasteiger partial charge in [-0.2, -0.15) is 0 Å². The van der Waals surface area contributed by atoms with E-state index in [9.17, 15) is 9.59 Å². The number of amides is 3. The summed E-state index contributed by atoms with van der Waals surface area (Å²) in [4.78, 5) is 33.4. The number of methoxy groups -OCH3 is 2. The van der Waals surface area contributed by atoms with E-state index in [4.69, 9.17) is 9.47 Å². The number of rotatable bonds is 3. The summed E-state index contributed by atoms with van der Waals surface area (Å²) in [6.45, 7) is 2.28. The quantitative estimate of drug-likeness (QED) is 0.694. The number of carbonyl (C=O) groups is 2. The molecule has 29 heavy (non-hydrogen) atoms. The van der Waals surface area contributed by atoms with Gasteiger partial charge in [-0.05, 0) is 37.1 Å². The zero-order valence-electron chi connectivity index (χ0n) is 16.5. The van der Waals surface area contributed by atoms with E-state index in [0.717, 1.165) is 22.2 Å². The van der Waals surface area contributed by atoms with Crippen LogP contribution in [0.5, 0.6) is 11.5 Å². The highest BCUT2D eigenvalue weighted by molar-refractivity contribution is 6.24. The van der Waals surface area contributed by atoms with Gasteiger partial charge in [-0.1, -0.05) is 18.2 Å². The normalized spacial score (nSPS) is 20.8. The van der Waals surface area contributed by atoms with Gasteiger partial charge in [0.15, 0.2) is 5.54 Å². The van der Waals surface area contributed by atoms with Gasteiger partial charge in [0.2, 0.25) is 0 Å². The Morgan fingerprint density at radius 2 is 1.86 bits per heavy atom. The van der Waals surface area contributed by atoms with Crippen LogP contribution in [0.2, 0.25) is 0 Å². The van der Waals surface area contributed by atoms with Gasteiger partial charge >= 0.3 is 6.03 Å². The molecule has 3 aromatic rings. The minimum absolute atomic E-state index is 0.304. The summed E-state index contributed by atoms with van der Waals surface area (Å²) in [5.74, 6) is 0.678. The number of ether oxygens (including phenoxy) is 2. The Labute approximate surface area is 167 Å². The van der Waals surface area contributed by atoms with Crippen LogP contribution in [0.3, 0.4) is 0 Å². The molecule has 1 saturated heterocycles. The Morgan fingerprint density at radius 3 is 2.62 bits per heavy atom. The van der Waals surface area contributed by atoms with Crippen molar-refractivity contribution in [3.05, 3.63) is 53.7 Å². The fraction of sp³-hybridized carbons (Fsp3) is 0.273. The van der Waals surface area contributed by atoms with Crippen molar-refractivity contribution in [2.24, 2.45) is 0 Å². The highest BCUT2D eigenvalue weighted by Gasteiger charge is 2.59. The van der Waals surface area contributed by atoms with Crippen molar-refractivity contribution >= 4 is 28.5 Å². The number of fused-ring (bicyclic) bond motifs is 5. The van der Waals surface area contributed by atoms with Gasteiger partial charge in [0.05, 0.1) is 25.6 Å². The molecule has 5 rings (SSSR count). The Bertz CT molecular complexity index is 1170. The lowest BCUT2D eigenvalue weighted by Gasteiger charge is -2.35. The third kappa shape index (κ3) is 2.18. The molecule has 0 aliphatic carbocycles. The molecule has 0 radical (unpaired) electrons. The van der Waals surface area contributed by atoms with Crippen LogP contribution in [0.15, 0.2) is 42.5 Å². The van der Waals surface area contributed by atoms with E-state index in [-0.39, 0.29) is 11.9 Å². The predicted molar refractivity (Wildman–Crippen MR) is 108 cm³/mol. The molecule has 1 aromatic heterocycles. The Hall–Kier alpha value is -3.48. The standard InChI is InChI=1S/C22H21N3O4/c1-22-19-15(14-6-4-5-7-16(14)23-19)10-11-24(22)21(27)25(20(22)26)17-12-13(28-2)8-9-18(17)29-3/h4-9,12,23H,10-11H2,1-3H3/t22-/m0/s1. The van der Waals surface area contributed by atoms with Crippen LogP contribution in [0, 0.1) is 0 Å². The van der Waals surface area contributed by atoms with Crippen molar-refractivity contribution in [3.8, 4) is 11.5 Å². The number of H-pyrrole nitrogens is 1. The van der Waals surface area contributed by atoms with Crippen LogP contribution < -0.4 is 14.4 Å². The second-order valence-corrected chi connectivity index (χ2v) is 7.46. The summed E-state index contributed by atoms with van der Waals surface area (Å²) in [6, 6.07) is 12.7. The third-order valence-electron chi connectivity index (χ3n) is 6.09. The molecule has 3 heterocycles. The van der Waals surface area contributed by atoms with E-state index in [0.29, 0.717) is 30.2 Å². The maximum atomic E-state index is 13.7. The Kier molecular flexibility index (Phi) is 3.65. The molecular weight excluding hydrogens is 370 g/mol. The lowest BCUT2D eigenvalue weighted by atomic mass is 9.87. The van der Waals surface area contributed by atoms with E-state index in [1.807, 2.05) is 31.2 Å². The number of nitrogens with zero attached hydrogens (tertiary/aromatic N) is 2. The first-order valence-electron chi connectivity index (χ1n) is 9.49. The molecule has 0 spiro atoms. The van der Waals surface area contributed by atoms with Gasteiger partial charge in [0.25, 0.3) is 5.91 Å². The van der Waals surface area contributed by atoms with E-state index < -0.39 is 5.54 Å². The maximum Gasteiger partial charge on any atom is 0.332 e. The van der Waals surface area contributed by atoms with Crippen molar-refractivity contribution in [3.63, 3.8) is 0 Å². The number of benzene rings is 2. The van der Waals surface area contributed by atoms with E-state index in [1.54, 1.807) is 30.2 Å². The summed E-state index contributed by atoms with van der Waals surface area (Å²) < 4.78 is 10.7.